The van der Waals surface area contributed by atoms with Gasteiger partial charge in [-0.25, -0.2) is 4.39 Å². The van der Waals surface area contributed by atoms with Crippen LogP contribution in [0.4, 0.5) is 15.8 Å². The number of benzene rings is 3. The van der Waals surface area contributed by atoms with Crippen molar-refractivity contribution in [3.63, 3.8) is 0 Å². The number of nitro benzene ring substituents is 1. The maximum atomic E-state index is 14.1. The van der Waals surface area contributed by atoms with Crippen molar-refractivity contribution < 1.29 is 14.1 Å². The molecule has 0 aliphatic carbocycles. The minimum Gasteiger partial charge on any atom is -0.301 e. The molecule has 2 aliphatic heterocycles. The number of hydrogen-bond donors (Lipinski definition) is 0. The van der Waals surface area contributed by atoms with Crippen LogP contribution in [0.2, 0.25) is 0 Å². The first-order valence-corrected chi connectivity index (χ1v) is 9.01. The van der Waals surface area contributed by atoms with Gasteiger partial charge in [-0.2, -0.15) is 0 Å². The smallest absolute Gasteiger partial charge is 0.269 e. The molecule has 0 unspecified atom stereocenters. The summed E-state index contributed by atoms with van der Waals surface area (Å²) in [6.45, 7) is 0. The molecule has 0 aromatic heterocycles. The molecule has 2 heterocycles. The highest BCUT2D eigenvalue weighted by Crippen LogP contribution is 2.51. The van der Waals surface area contributed by atoms with E-state index in [4.69, 9.17) is 0 Å². The maximum absolute atomic E-state index is 14.1. The predicted octanol–water partition coefficient (Wildman–Crippen LogP) is 4.97. The molecular formula is C22H15FN2O3. The number of carbonyl (C=O) groups excluding carboxylic acids is 1. The van der Waals surface area contributed by atoms with Gasteiger partial charge in [-0.3, -0.25) is 14.9 Å². The zero-order valence-corrected chi connectivity index (χ0v) is 14.7. The molecule has 0 bridgehead atoms. The van der Waals surface area contributed by atoms with Gasteiger partial charge in [-0.05, 0) is 47.4 Å². The molecule has 0 saturated heterocycles. The summed E-state index contributed by atoms with van der Waals surface area (Å²) in [7, 11) is 0. The summed E-state index contributed by atoms with van der Waals surface area (Å²) >= 11 is 0. The third-order valence-corrected chi connectivity index (χ3v) is 5.67. The molecule has 0 saturated carbocycles. The molecule has 6 heteroatoms. The minimum absolute atomic E-state index is 0.0158. The number of halogens is 1. The van der Waals surface area contributed by atoms with Gasteiger partial charge in [-0.15, -0.1) is 0 Å². The van der Waals surface area contributed by atoms with Crippen LogP contribution in [0.5, 0.6) is 0 Å². The van der Waals surface area contributed by atoms with Crippen molar-refractivity contribution in [2.24, 2.45) is 0 Å². The van der Waals surface area contributed by atoms with Crippen molar-refractivity contribution >= 4 is 17.3 Å². The SMILES string of the molecule is O=C1c2ccccc2[C@H]2C[C@@H](c3ccc([N+](=O)[O-])cc3)c3cc(F)ccc3N12. The highest BCUT2D eigenvalue weighted by molar-refractivity contribution is 6.11. The van der Waals surface area contributed by atoms with Gasteiger partial charge in [0, 0.05) is 29.3 Å². The van der Waals surface area contributed by atoms with Crippen LogP contribution >= 0.6 is 0 Å². The molecule has 1 amide bonds. The summed E-state index contributed by atoms with van der Waals surface area (Å²) in [4.78, 5) is 25.3. The van der Waals surface area contributed by atoms with Crippen LogP contribution < -0.4 is 4.90 Å². The lowest BCUT2D eigenvalue weighted by atomic mass is 9.80. The number of anilines is 1. The van der Waals surface area contributed by atoms with E-state index in [0.717, 1.165) is 16.7 Å². The summed E-state index contributed by atoms with van der Waals surface area (Å²) in [6.07, 6.45) is 0.594. The number of fused-ring (bicyclic) bond motifs is 5. The average Bonchev–Trinajstić information content (AvgIpc) is 3.00. The first-order valence-electron chi connectivity index (χ1n) is 9.01. The number of carbonyl (C=O) groups is 1. The van der Waals surface area contributed by atoms with E-state index in [1.54, 1.807) is 23.1 Å². The maximum Gasteiger partial charge on any atom is 0.269 e. The van der Waals surface area contributed by atoms with Gasteiger partial charge in [-0.1, -0.05) is 30.3 Å². The van der Waals surface area contributed by atoms with Crippen molar-refractivity contribution in [3.8, 4) is 0 Å². The fourth-order valence-electron chi connectivity index (χ4n) is 4.42. The minimum atomic E-state index is -0.439. The molecule has 3 aromatic rings. The Bertz CT molecular complexity index is 1130. The van der Waals surface area contributed by atoms with Crippen molar-refractivity contribution in [2.75, 3.05) is 4.90 Å². The second-order valence-electron chi connectivity index (χ2n) is 7.12. The summed E-state index contributed by atoms with van der Waals surface area (Å²) in [5.74, 6) is -0.601. The summed E-state index contributed by atoms with van der Waals surface area (Å²) < 4.78 is 14.1. The zero-order chi connectivity index (χ0) is 19.4. The molecule has 2 atom stereocenters. The van der Waals surface area contributed by atoms with E-state index in [1.165, 1.54) is 24.3 Å². The zero-order valence-electron chi connectivity index (χ0n) is 14.7. The number of rotatable bonds is 2. The van der Waals surface area contributed by atoms with Gasteiger partial charge in [0.2, 0.25) is 0 Å². The highest BCUT2D eigenvalue weighted by Gasteiger charge is 2.44. The predicted molar refractivity (Wildman–Crippen MR) is 102 cm³/mol. The van der Waals surface area contributed by atoms with Gasteiger partial charge >= 0.3 is 0 Å². The van der Waals surface area contributed by atoms with Crippen molar-refractivity contribution in [3.05, 3.63) is 105 Å². The Kier molecular flexibility index (Phi) is 3.55. The Morgan fingerprint density at radius 1 is 1.00 bits per heavy atom. The Balaban J connectivity index is 1.67. The number of nitro groups is 1. The molecule has 2 aliphatic rings. The quantitative estimate of drug-likeness (QED) is 0.470. The molecule has 0 radical (unpaired) electrons. The normalized spacial score (nSPS) is 19.8. The van der Waals surface area contributed by atoms with Crippen LogP contribution in [0.1, 0.15) is 45.4 Å². The number of amides is 1. The van der Waals surface area contributed by atoms with E-state index in [2.05, 4.69) is 0 Å². The molecule has 138 valence electrons. The van der Waals surface area contributed by atoms with E-state index in [9.17, 15) is 19.3 Å². The van der Waals surface area contributed by atoms with Gasteiger partial charge < -0.3 is 4.90 Å². The Hall–Kier alpha value is -3.54. The van der Waals surface area contributed by atoms with E-state index < -0.39 is 4.92 Å². The first kappa shape index (κ1) is 16.6. The largest absolute Gasteiger partial charge is 0.301 e. The monoisotopic (exact) mass is 374 g/mol. The summed E-state index contributed by atoms with van der Waals surface area (Å²) in [5, 5.41) is 11.0. The van der Waals surface area contributed by atoms with Crippen LogP contribution in [-0.4, -0.2) is 10.8 Å². The third kappa shape index (κ3) is 2.34. The Morgan fingerprint density at radius 2 is 1.75 bits per heavy atom. The second-order valence-corrected chi connectivity index (χ2v) is 7.12. The van der Waals surface area contributed by atoms with E-state index in [-0.39, 0.29) is 29.4 Å². The topological polar surface area (TPSA) is 63.4 Å². The van der Waals surface area contributed by atoms with Gasteiger partial charge in [0.05, 0.1) is 11.0 Å². The lowest BCUT2D eigenvalue weighted by Gasteiger charge is -2.37. The lowest BCUT2D eigenvalue weighted by Crippen LogP contribution is -2.34. The molecule has 0 fully saturated rings. The molecule has 28 heavy (non-hydrogen) atoms. The van der Waals surface area contributed by atoms with Crippen molar-refractivity contribution in [1.29, 1.82) is 0 Å². The van der Waals surface area contributed by atoms with E-state index in [1.807, 2.05) is 24.3 Å². The van der Waals surface area contributed by atoms with Crippen LogP contribution in [0.15, 0.2) is 66.7 Å². The fourth-order valence-corrected chi connectivity index (χ4v) is 4.42. The van der Waals surface area contributed by atoms with Gasteiger partial charge in [0.1, 0.15) is 5.82 Å². The Labute approximate surface area is 160 Å². The van der Waals surface area contributed by atoms with Gasteiger partial charge in [0.15, 0.2) is 0 Å². The van der Waals surface area contributed by atoms with Crippen LogP contribution in [-0.2, 0) is 0 Å². The summed E-state index contributed by atoms with van der Waals surface area (Å²) in [6, 6.07) is 18.2. The Morgan fingerprint density at radius 3 is 2.50 bits per heavy atom. The lowest BCUT2D eigenvalue weighted by molar-refractivity contribution is -0.384. The standard InChI is InChI=1S/C22H15FN2O3/c23-14-7-10-20-19(11-14)18(13-5-8-15(9-6-13)25(27)28)12-21-16-3-1-2-4-17(16)22(26)24(20)21/h1-11,18,21H,12H2/t18-,21+/m0/s1. The number of hydrogen-bond acceptors (Lipinski definition) is 3. The van der Waals surface area contributed by atoms with Crippen LogP contribution in [0, 0.1) is 15.9 Å². The van der Waals surface area contributed by atoms with Crippen LogP contribution in [0.25, 0.3) is 0 Å². The van der Waals surface area contributed by atoms with E-state index in [0.29, 0.717) is 17.7 Å². The molecule has 5 nitrogen and oxygen atoms in total. The highest BCUT2D eigenvalue weighted by atomic mass is 19.1. The van der Waals surface area contributed by atoms with Gasteiger partial charge in [0.25, 0.3) is 11.6 Å². The first-order chi connectivity index (χ1) is 13.5. The number of non-ortho nitro benzene ring substituents is 1. The molecule has 5 rings (SSSR count). The molecule has 0 spiro atoms. The number of nitrogens with zero attached hydrogens (tertiary/aromatic N) is 2. The van der Waals surface area contributed by atoms with Crippen LogP contribution in [0.3, 0.4) is 0 Å². The molecular weight excluding hydrogens is 359 g/mol. The summed E-state index contributed by atoms with van der Waals surface area (Å²) in [5.41, 5.74) is 3.95. The fraction of sp³-hybridized carbons (Fsp3) is 0.136. The van der Waals surface area contributed by atoms with Crippen molar-refractivity contribution in [2.45, 2.75) is 18.4 Å². The average molecular weight is 374 g/mol. The third-order valence-electron chi connectivity index (χ3n) is 5.67. The van der Waals surface area contributed by atoms with Crippen molar-refractivity contribution in [1.82, 2.24) is 0 Å². The molecule has 0 N–H and O–H groups in total. The van der Waals surface area contributed by atoms with E-state index >= 15 is 0 Å². The molecule has 3 aromatic carbocycles. The second kappa shape index (κ2) is 5.99.